The lowest BCUT2D eigenvalue weighted by Crippen LogP contribution is -1.93. The zero-order valence-corrected chi connectivity index (χ0v) is 7.29. The molecule has 0 unspecified atom stereocenters. The van der Waals surface area contributed by atoms with Crippen LogP contribution < -0.4 is 0 Å². The Hall–Kier alpha value is -0.860. The summed E-state index contributed by atoms with van der Waals surface area (Å²) in [6.45, 7) is 6.28. The SMILES string of the molecule is CCc1nnc(CC(C)C)o1. The highest BCUT2D eigenvalue weighted by molar-refractivity contribution is 4.81. The maximum Gasteiger partial charge on any atom is 0.216 e. The molecule has 0 aromatic carbocycles. The van der Waals surface area contributed by atoms with Gasteiger partial charge < -0.3 is 4.42 Å². The van der Waals surface area contributed by atoms with Crippen LogP contribution in [0, 0.1) is 5.92 Å². The fourth-order valence-corrected chi connectivity index (χ4v) is 0.863. The summed E-state index contributed by atoms with van der Waals surface area (Å²) < 4.78 is 5.32. The first-order valence-corrected chi connectivity index (χ1v) is 4.03. The van der Waals surface area contributed by atoms with Crippen molar-refractivity contribution in [2.45, 2.75) is 33.6 Å². The van der Waals surface area contributed by atoms with Gasteiger partial charge in [-0.1, -0.05) is 20.8 Å². The molecule has 0 aliphatic heterocycles. The average Bonchev–Trinajstić information content (AvgIpc) is 2.34. The minimum atomic E-state index is 0.583. The molecule has 0 radical (unpaired) electrons. The van der Waals surface area contributed by atoms with E-state index in [1.54, 1.807) is 0 Å². The van der Waals surface area contributed by atoms with Crippen LogP contribution in [0.2, 0.25) is 0 Å². The second-order valence-electron chi connectivity index (χ2n) is 3.04. The highest BCUT2D eigenvalue weighted by Gasteiger charge is 2.05. The highest BCUT2D eigenvalue weighted by Crippen LogP contribution is 2.06. The maximum atomic E-state index is 5.32. The van der Waals surface area contributed by atoms with Crippen molar-refractivity contribution < 1.29 is 4.42 Å². The van der Waals surface area contributed by atoms with Crippen LogP contribution in [-0.2, 0) is 12.8 Å². The third-order valence-corrected chi connectivity index (χ3v) is 1.39. The van der Waals surface area contributed by atoms with Crippen LogP contribution in [-0.4, -0.2) is 10.2 Å². The monoisotopic (exact) mass is 154 g/mol. The van der Waals surface area contributed by atoms with Crippen molar-refractivity contribution in [3.05, 3.63) is 11.8 Å². The van der Waals surface area contributed by atoms with Crippen LogP contribution in [0.1, 0.15) is 32.6 Å². The number of aryl methyl sites for hydroxylation is 1. The van der Waals surface area contributed by atoms with Gasteiger partial charge in [0.05, 0.1) is 0 Å². The molecule has 1 aromatic rings. The van der Waals surface area contributed by atoms with Crippen molar-refractivity contribution in [3.63, 3.8) is 0 Å². The van der Waals surface area contributed by atoms with Crippen molar-refractivity contribution in [2.24, 2.45) is 5.92 Å². The van der Waals surface area contributed by atoms with Gasteiger partial charge in [0.25, 0.3) is 0 Å². The molecule has 11 heavy (non-hydrogen) atoms. The fourth-order valence-electron chi connectivity index (χ4n) is 0.863. The second kappa shape index (κ2) is 3.51. The standard InChI is InChI=1S/C8H14N2O/c1-4-7-9-10-8(11-7)5-6(2)3/h6H,4-5H2,1-3H3. The van der Waals surface area contributed by atoms with Gasteiger partial charge in [0, 0.05) is 12.8 Å². The lowest BCUT2D eigenvalue weighted by molar-refractivity contribution is 0.428. The van der Waals surface area contributed by atoms with Crippen molar-refractivity contribution in [2.75, 3.05) is 0 Å². The molecular formula is C8H14N2O. The fraction of sp³-hybridized carbons (Fsp3) is 0.750. The third kappa shape index (κ3) is 2.33. The van der Waals surface area contributed by atoms with Crippen molar-refractivity contribution in [1.82, 2.24) is 10.2 Å². The van der Waals surface area contributed by atoms with E-state index in [1.165, 1.54) is 0 Å². The first-order valence-electron chi connectivity index (χ1n) is 4.03. The molecule has 1 aromatic heterocycles. The largest absolute Gasteiger partial charge is 0.425 e. The summed E-state index contributed by atoms with van der Waals surface area (Å²) in [6, 6.07) is 0. The quantitative estimate of drug-likeness (QED) is 0.666. The van der Waals surface area contributed by atoms with Crippen LogP contribution in [0.3, 0.4) is 0 Å². The van der Waals surface area contributed by atoms with Gasteiger partial charge in [-0.2, -0.15) is 0 Å². The van der Waals surface area contributed by atoms with Gasteiger partial charge in [0.2, 0.25) is 11.8 Å². The third-order valence-electron chi connectivity index (χ3n) is 1.39. The van der Waals surface area contributed by atoms with Crippen molar-refractivity contribution in [1.29, 1.82) is 0 Å². The lowest BCUT2D eigenvalue weighted by Gasteiger charge is -1.96. The van der Waals surface area contributed by atoms with Crippen molar-refractivity contribution in [3.8, 4) is 0 Å². The lowest BCUT2D eigenvalue weighted by atomic mass is 10.1. The maximum absolute atomic E-state index is 5.32. The number of nitrogens with zero attached hydrogens (tertiary/aromatic N) is 2. The highest BCUT2D eigenvalue weighted by atomic mass is 16.4. The molecule has 0 aliphatic rings. The summed E-state index contributed by atoms with van der Waals surface area (Å²) in [5.41, 5.74) is 0. The Kier molecular flexibility index (Phi) is 2.63. The smallest absolute Gasteiger partial charge is 0.216 e. The van der Waals surface area contributed by atoms with Gasteiger partial charge in [-0.05, 0) is 5.92 Å². The van der Waals surface area contributed by atoms with E-state index in [2.05, 4.69) is 24.0 Å². The summed E-state index contributed by atoms with van der Waals surface area (Å²) in [6.07, 6.45) is 1.71. The molecule has 0 aliphatic carbocycles. The van der Waals surface area contributed by atoms with Gasteiger partial charge in [-0.25, -0.2) is 0 Å². The van der Waals surface area contributed by atoms with Gasteiger partial charge in [-0.3, -0.25) is 0 Å². The molecule has 0 amide bonds. The van der Waals surface area contributed by atoms with E-state index in [0.29, 0.717) is 5.92 Å². The molecule has 0 atom stereocenters. The Morgan fingerprint density at radius 3 is 2.36 bits per heavy atom. The van der Waals surface area contributed by atoms with Gasteiger partial charge >= 0.3 is 0 Å². The van der Waals surface area contributed by atoms with E-state index in [4.69, 9.17) is 4.42 Å². The number of hydrogen-bond acceptors (Lipinski definition) is 3. The number of aromatic nitrogens is 2. The molecule has 0 spiro atoms. The van der Waals surface area contributed by atoms with E-state index in [0.717, 1.165) is 24.6 Å². The molecule has 3 nitrogen and oxygen atoms in total. The Morgan fingerprint density at radius 1 is 1.27 bits per heavy atom. The van der Waals surface area contributed by atoms with E-state index in [9.17, 15) is 0 Å². The summed E-state index contributed by atoms with van der Waals surface area (Å²) in [4.78, 5) is 0. The zero-order chi connectivity index (χ0) is 8.27. The normalized spacial score (nSPS) is 10.9. The van der Waals surface area contributed by atoms with Crippen LogP contribution in [0.15, 0.2) is 4.42 Å². The van der Waals surface area contributed by atoms with E-state index >= 15 is 0 Å². The summed E-state index contributed by atoms with van der Waals surface area (Å²) in [5, 5.41) is 7.78. The van der Waals surface area contributed by atoms with E-state index in [-0.39, 0.29) is 0 Å². The van der Waals surface area contributed by atoms with Gasteiger partial charge in [0.1, 0.15) is 0 Å². The Labute approximate surface area is 66.8 Å². The Balaban J connectivity index is 2.58. The predicted octanol–water partition coefficient (Wildman–Crippen LogP) is 1.83. The molecule has 0 bridgehead atoms. The zero-order valence-electron chi connectivity index (χ0n) is 7.29. The molecule has 3 heteroatoms. The first-order chi connectivity index (χ1) is 5.22. The Morgan fingerprint density at radius 2 is 1.91 bits per heavy atom. The van der Waals surface area contributed by atoms with Crippen LogP contribution in [0.4, 0.5) is 0 Å². The number of rotatable bonds is 3. The average molecular weight is 154 g/mol. The van der Waals surface area contributed by atoms with Crippen molar-refractivity contribution >= 4 is 0 Å². The van der Waals surface area contributed by atoms with Crippen LogP contribution in [0.5, 0.6) is 0 Å². The van der Waals surface area contributed by atoms with E-state index in [1.807, 2.05) is 6.92 Å². The Bertz CT molecular complexity index is 218. The summed E-state index contributed by atoms with van der Waals surface area (Å²) in [5.74, 6) is 2.08. The predicted molar refractivity (Wildman–Crippen MR) is 42.2 cm³/mol. The van der Waals surface area contributed by atoms with Gasteiger partial charge in [-0.15, -0.1) is 10.2 Å². The molecule has 0 N–H and O–H groups in total. The van der Waals surface area contributed by atoms with Crippen LogP contribution >= 0.6 is 0 Å². The topological polar surface area (TPSA) is 38.9 Å². The molecule has 1 rings (SSSR count). The summed E-state index contributed by atoms with van der Waals surface area (Å²) >= 11 is 0. The van der Waals surface area contributed by atoms with Gasteiger partial charge in [0.15, 0.2) is 0 Å². The van der Waals surface area contributed by atoms with E-state index < -0.39 is 0 Å². The first kappa shape index (κ1) is 8.24. The minimum absolute atomic E-state index is 0.583. The second-order valence-corrected chi connectivity index (χ2v) is 3.04. The molecule has 0 fully saturated rings. The molecule has 62 valence electrons. The van der Waals surface area contributed by atoms with Crippen LogP contribution in [0.25, 0.3) is 0 Å². The molecule has 0 saturated heterocycles. The molecule has 0 saturated carbocycles. The number of hydrogen-bond donors (Lipinski definition) is 0. The minimum Gasteiger partial charge on any atom is -0.425 e. The molecule has 1 heterocycles. The summed E-state index contributed by atoms with van der Waals surface area (Å²) in [7, 11) is 0. The molecular weight excluding hydrogens is 140 g/mol.